The molecule has 0 aromatic carbocycles. The summed E-state index contributed by atoms with van der Waals surface area (Å²) < 4.78 is 0. The summed E-state index contributed by atoms with van der Waals surface area (Å²) in [5.41, 5.74) is -1.05. The minimum atomic E-state index is -0.777. The van der Waals surface area contributed by atoms with Gasteiger partial charge in [0, 0.05) is 0 Å². The zero-order valence-electron chi connectivity index (χ0n) is 5.42. The maximum atomic E-state index is 10.6. The summed E-state index contributed by atoms with van der Waals surface area (Å²) in [6.45, 7) is 0. The largest absolute Gasteiger partial charge is 0.481 e. The average molecular weight is 137 g/mol. The van der Waals surface area contributed by atoms with Crippen LogP contribution in [-0.4, -0.2) is 11.1 Å². The van der Waals surface area contributed by atoms with E-state index >= 15 is 0 Å². The number of nitrogens with zero attached hydrogens (tertiary/aromatic N) is 1. The third-order valence-electron chi connectivity index (χ3n) is 3.00. The molecule has 1 N–H and O–H groups in total. The van der Waals surface area contributed by atoms with Gasteiger partial charge in [0.25, 0.3) is 0 Å². The number of rotatable bonds is 1. The Bertz CT molecular complexity index is 255. The molecule has 2 aliphatic rings. The molecule has 0 aromatic heterocycles. The summed E-state index contributed by atoms with van der Waals surface area (Å²) in [5.74, 6) is -0.777. The van der Waals surface area contributed by atoms with Gasteiger partial charge in [0.1, 0.15) is 0 Å². The van der Waals surface area contributed by atoms with Crippen molar-refractivity contribution in [2.45, 2.75) is 19.3 Å². The van der Waals surface area contributed by atoms with Crippen molar-refractivity contribution in [3.8, 4) is 6.07 Å². The number of carboxylic acids is 1. The zero-order chi connectivity index (χ0) is 7.41. The van der Waals surface area contributed by atoms with E-state index in [0.29, 0.717) is 12.8 Å². The second-order valence-electron chi connectivity index (χ2n) is 3.26. The Kier molecular flexibility index (Phi) is 0.684. The molecular formula is C7H7NO2. The Labute approximate surface area is 58.3 Å². The molecule has 0 heterocycles. The van der Waals surface area contributed by atoms with Crippen LogP contribution in [-0.2, 0) is 4.79 Å². The van der Waals surface area contributed by atoms with Gasteiger partial charge in [0.15, 0.2) is 0 Å². The highest BCUT2D eigenvalue weighted by atomic mass is 16.4. The van der Waals surface area contributed by atoms with Crippen LogP contribution in [0.25, 0.3) is 0 Å². The van der Waals surface area contributed by atoms with E-state index in [1.165, 1.54) is 0 Å². The number of carboxylic acid groups (broad SMARTS) is 1. The number of aliphatic carboxylic acids is 1. The van der Waals surface area contributed by atoms with Gasteiger partial charge in [-0.2, -0.15) is 5.26 Å². The average Bonchev–Trinajstić information content (AvgIpc) is 2.33. The number of hydrogen-bond acceptors (Lipinski definition) is 2. The fourth-order valence-corrected chi connectivity index (χ4v) is 1.97. The van der Waals surface area contributed by atoms with E-state index in [4.69, 9.17) is 10.4 Å². The first-order valence-corrected chi connectivity index (χ1v) is 3.32. The topological polar surface area (TPSA) is 61.1 Å². The maximum Gasteiger partial charge on any atom is 0.311 e. The quantitative estimate of drug-likeness (QED) is 0.580. The summed E-state index contributed by atoms with van der Waals surface area (Å²) in [6, 6.07) is 2.09. The van der Waals surface area contributed by atoms with Crippen molar-refractivity contribution in [3.05, 3.63) is 0 Å². The van der Waals surface area contributed by atoms with E-state index in [1.807, 2.05) is 0 Å². The van der Waals surface area contributed by atoms with Gasteiger partial charge in [-0.15, -0.1) is 0 Å². The number of hydrogen-bond donors (Lipinski definition) is 1. The van der Waals surface area contributed by atoms with E-state index in [-0.39, 0.29) is 0 Å². The van der Waals surface area contributed by atoms with E-state index in [2.05, 4.69) is 6.07 Å². The molecule has 52 valence electrons. The fourth-order valence-electron chi connectivity index (χ4n) is 1.97. The molecule has 2 fully saturated rings. The molecule has 2 aliphatic carbocycles. The van der Waals surface area contributed by atoms with Gasteiger partial charge in [0.2, 0.25) is 0 Å². The Morgan fingerprint density at radius 2 is 2.30 bits per heavy atom. The molecule has 3 nitrogen and oxygen atoms in total. The molecule has 3 heteroatoms. The molecule has 10 heavy (non-hydrogen) atoms. The summed E-state index contributed by atoms with van der Waals surface area (Å²) in [4.78, 5) is 10.6. The van der Waals surface area contributed by atoms with Gasteiger partial charge in [-0.1, -0.05) is 0 Å². The minimum Gasteiger partial charge on any atom is -0.481 e. The van der Waals surface area contributed by atoms with Gasteiger partial charge in [0.05, 0.1) is 16.9 Å². The molecule has 0 radical (unpaired) electrons. The van der Waals surface area contributed by atoms with E-state index < -0.39 is 16.8 Å². The molecule has 0 unspecified atom stereocenters. The third kappa shape index (κ3) is 0.316. The van der Waals surface area contributed by atoms with Crippen LogP contribution in [0.5, 0.6) is 0 Å². The molecule has 0 amide bonds. The Morgan fingerprint density at radius 3 is 2.40 bits per heavy atom. The van der Waals surface area contributed by atoms with Crippen LogP contribution in [0.2, 0.25) is 0 Å². The van der Waals surface area contributed by atoms with Crippen LogP contribution in [0.4, 0.5) is 0 Å². The Morgan fingerprint density at radius 1 is 1.60 bits per heavy atom. The minimum absolute atomic E-state index is 0.446. The highest BCUT2D eigenvalue weighted by Crippen LogP contribution is 2.77. The standard InChI is InChI=1S/C7H7NO2/c8-4-6-1-2-7(6,3-6)5(9)10/h1-3H2,(H,9,10)/t6-,7+/m0/s1. The highest BCUT2D eigenvalue weighted by molar-refractivity contribution is 5.83. The van der Waals surface area contributed by atoms with E-state index in [0.717, 1.165) is 6.42 Å². The van der Waals surface area contributed by atoms with Gasteiger partial charge in [-0.05, 0) is 19.3 Å². The molecule has 2 atom stereocenters. The fraction of sp³-hybridized carbons (Fsp3) is 0.714. The van der Waals surface area contributed by atoms with Crippen molar-refractivity contribution in [3.63, 3.8) is 0 Å². The molecular weight excluding hydrogens is 130 g/mol. The van der Waals surface area contributed by atoms with Crippen molar-refractivity contribution in [1.29, 1.82) is 5.26 Å². The monoisotopic (exact) mass is 137 g/mol. The molecule has 0 saturated heterocycles. The lowest BCUT2D eigenvalue weighted by molar-refractivity contribution is -0.147. The first-order valence-electron chi connectivity index (χ1n) is 3.32. The predicted octanol–water partition coefficient (Wildman–Crippen LogP) is 0.765. The summed E-state index contributed by atoms with van der Waals surface area (Å²) >= 11 is 0. The molecule has 2 rings (SSSR count). The lowest BCUT2D eigenvalue weighted by atomic mass is 9.75. The van der Waals surface area contributed by atoms with Gasteiger partial charge >= 0.3 is 5.97 Å². The van der Waals surface area contributed by atoms with Crippen molar-refractivity contribution < 1.29 is 9.90 Å². The van der Waals surface area contributed by atoms with Gasteiger partial charge < -0.3 is 5.11 Å². The maximum absolute atomic E-state index is 10.6. The normalized spacial score (nSPS) is 48.3. The molecule has 0 spiro atoms. The zero-order valence-corrected chi connectivity index (χ0v) is 5.42. The van der Waals surface area contributed by atoms with Crippen molar-refractivity contribution >= 4 is 5.97 Å². The number of nitriles is 1. The van der Waals surface area contributed by atoms with Gasteiger partial charge in [-0.25, -0.2) is 0 Å². The summed E-state index contributed by atoms with van der Waals surface area (Å²) in [6.07, 6.45) is 2.08. The van der Waals surface area contributed by atoms with Crippen LogP contribution in [0.15, 0.2) is 0 Å². The SMILES string of the molecule is N#C[C@@]12CC[C@]1(C(=O)O)C2. The second kappa shape index (κ2) is 1.20. The molecule has 0 aliphatic heterocycles. The Balaban J connectivity index is 2.29. The number of carbonyl (C=O) groups is 1. The lowest BCUT2D eigenvalue weighted by Crippen LogP contribution is -2.31. The smallest absolute Gasteiger partial charge is 0.311 e. The molecule has 0 bridgehead atoms. The van der Waals surface area contributed by atoms with Crippen molar-refractivity contribution in [2.75, 3.05) is 0 Å². The number of fused-ring (bicyclic) bond motifs is 1. The van der Waals surface area contributed by atoms with Crippen LogP contribution in [0.3, 0.4) is 0 Å². The molecule has 0 aromatic rings. The van der Waals surface area contributed by atoms with E-state index in [1.54, 1.807) is 0 Å². The van der Waals surface area contributed by atoms with Crippen molar-refractivity contribution in [2.24, 2.45) is 10.8 Å². The summed E-state index contributed by atoms with van der Waals surface area (Å²) in [7, 11) is 0. The van der Waals surface area contributed by atoms with Crippen molar-refractivity contribution in [1.82, 2.24) is 0 Å². The first kappa shape index (κ1) is 5.72. The first-order chi connectivity index (χ1) is 4.67. The third-order valence-corrected chi connectivity index (χ3v) is 3.00. The van der Waals surface area contributed by atoms with Gasteiger partial charge in [-0.3, -0.25) is 4.79 Å². The van der Waals surface area contributed by atoms with Crippen LogP contribution in [0.1, 0.15) is 19.3 Å². The lowest BCUT2D eigenvalue weighted by Gasteiger charge is -2.25. The predicted molar refractivity (Wildman–Crippen MR) is 32.0 cm³/mol. The van der Waals surface area contributed by atoms with Crippen LogP contribution >= 0.6 is 0 Å². The molecule has 2 saturated carbocycles. The second-order valence-corrected chi connectivity index (χ2v) is 3.26. The van der Waals surface area contributed by atoms with Crippen LogP contribution in [0, 0.1) is 22.2 Å². The Hall–Kier alpha value is -1.04. The van der Waals surface area contributed by atoms with E-state index in [9.17, 15) is 4.79 Å². The highest BCUT2D eigenvalue weighted by Gasteiger charge is 2.79. The summed E-state index contributed by atoms with van der Waals surface area (Å²) in [5, 5.41) is 17.3. The van der Waals surface area contributed by atoms with Crippen LogP contribution < -0.4 is 0 Å².